The predicted octanol–water partition coefficient (Wildman–Crippen LogP) is 8.17. The molecular weight excluding hydrogens is 604 g/mol. The van der Waals surface area contributed by atoms with E-state index in [9.17, 15) is 31.1 Å². The van der Waals surface area contributed by atoms with Gasteiger partial charge in [-0.25, -0.2) is 14.8 Å². The van der Waals surface area contributed by atoms with Crippen LogP contribution in [0.4, 0.5) is 37.0 Å². The maximum atomic E-state index is 13.6. The number of halogens is 6. The molecule has 2 atom stereocenters. The number of nitrogens with zero attached hydrogens (tertiary/aromatic N) is 5. The largest absolute Gasteiger partial charge is 0.439 e. The van der Waals surface area contributed by atoms with Crippen LogP contribution in [0.15, 0.2) is 28.9 Å². The number of amides is 1. The van der Waals surface area contributed by atoms with Crippen molar-refractivity contribution in [2.45, 2.75) is 109 Å². The van der Waals surface area contributed by atoms with Crippen LogP contribution < -0.4 is 4.90 Å². The molecule has 1 unspecified atom stereocenters. The van der Waals surface area contributed by atoms with E-state index in [0.29, 0.717) is 46.4 Å². The van der Waals surface area contributed by atoms with Gasteiger partial charge in [-0.2, -0.15) is 26.3 Å². The Morgan fingerprint density at radius 1 is 0.933 bits per heavy atom. The van der Waals surface area contributed by atoms with Gasteiger partial charge in [0.2, 0.25) is 0 Å². The number of benzene rings is 1. The Morgan fingerprint density at radius 2 is 1.56 bits per heavy atom. The van der Waals surface area contributed by atoms with E-state index >= 15 is 0 Å². The summed E-state index contributed by atoms with van der Waals surface area (Å²) < 4.78 is 92.4. The second-order valence-corrected chi connectivity index (χ2v) is 12.2. The van der Waals surface area contributed by atoms with Gasteiger partial charge in [0.25, 0.3) is 0 Å². The molecule has 8 nitrogen and oxygen atoms in total. The van der Waals surface area contributed by atoms with Gasteiger partial charge in [0.1, 0.15) is 17.6 Å². The zero-order chi connectivity index (χ0) is 32.3. The molecule has 45 heavy (non-hydrogen) atoms. The number of alkyl halides is 6. The van der Waals surface area contributed by atoms with Crippen LogP contribution in [0.1, 0.15) is 91.8 Å². The SMILES string of the molecule is Cc1noc(C)c1-c1cnc(N(C2CCCCC2)C2CC2)c(CN2C(=O)OC(c3cc(C(F)(F)F)cc(C(F)(F)F)c3)[C@@H]2C)n1. The first-order valence-corrected chi connectivity index (χ1v) is 15.1. The third-order valence-corrected chi connectivity index (χ3v) is 8.92. The monoisotopic (exact) mass is 637 g/mol. The lowest BCUT2D eigenvalue weighted by Gasteiger charge is -2.37. The average Bonchev–Trinajstić information content (AvgIpc) is 3.71. The van der Waals surface area contributed by atoms with E-state index in [-0.39, 0.29) is 24.7 Å². The molecule has 0 radical (unpaired) electrons. The molecule has 1 aliphatic heterocycles. The minimum atomic E-state index is -5.03. The van der Waals surface area contributed by atoms with Crippen LogP contribution >= 0.6 is 0 Å². The van der Waals surface area contributed by atoms with E-state index in [1.807, 2.05) is 0 Å². The number of rotatable bonds is 7. The number of carbonyl (C=O) groups excluding carboxylic acids is 1. The number of anilines is 1. The Labute approximate surface area is 255 Å². The summed E-state index contributed by atoms with van der Waals surface area (Å²) in [5, 5.41) is 4.01. The van der Waals surface area contributed by atoms with Crippen LogP contribution in [0.25, 0.3) is 11.3 Å². The highest BCUT2D eigenvalue weighted by molar-refractivity contribution is 5.72. The van der Waals surface area contributed by atoms with Crippen LogP contribution in [0.2, 0.25) is 0 Å². The second kappa shape index (κ2) is 11.5. The predicted molar refractivity (Wildman–Crippen MR) is 150 cm³/mol. The maximum absolute atomic E-state index is 13.6. The third kappa shape index (κ3) is 6.19. The third-order valence-electron chi connectivity index (χ3n) is 8.92. The van der Waals surface area contributed by atoms with E-state index in [1.54, 1.807) is 20.0 Å². The van der Waals surface area contributed by atoms with E-state index in [1.165, 1.54) is 11.8 Å². The van der Waals surface area contributed by atoms with E-state index in [4.69, 9.17) is 19.2 Å². The molecule has 1 amide bonds. The molecule has 3 heterocycles. The molecular formula is C31H33F6N5O3. The Hall–Kier alpha value is -3.84. The number of aryl methyl sites for hydroxylation is 2. The fraction of sp³-hybridized carbons (Fsp3) is 0.548. The molecule has 1 aromatic carbocycles. The van der Waals surface area contributed by atoms with E-state index in [0.717, 1.165) is 44.9 Å². The Bertz CT molecular complexity index is 1530. The summed E-state index contributed by atoms with van der Waals surface area (Å²) in [6.07, 6.45) is -3.37. The summed E-state index contributed by atoms with van der Waals surface area (Å²) in [4.78, 5) is 26.6. The number of cyclic esters (lactones) is 1. The first kappa shape index (κ1) is 31.2. The second-order valence-electron chi connectivity index (χ2n) is 12.2. The number of aromatic nitrogens is 3. The molecule has 0 spiro atoms. The van der Waals surface area contributed by atoms with Crippen LogP contribution in [0, 0.1) is 13.8 Å². The van der Waals surface area contributed by atoms with Crippen LogP contribution in [0.3, 0.4) is 0 Å². The van der Waals surface area contributed by atoms with Crippen molar-refractivity contribution in [2.24, 2.45) is 0 Å². The Balaban J connectivity index is 1.38. The molecule has 2 aliphatic carbocycles. The number of hydrogen-bond donors (Lipinski definition) is 0. The molecule has 2 saturated carbocycles. The highest BCUT2D eigenvalue weighted by Crippen LogP contribution is 2.43. The lowest BCUT2D eigenvalue weighted by molar-refractivity contribution is -0.143. The van der Waals surface area contributed by atoms with Crippen molar-refractivity contribution in [3.8, 4) is 11.3 Å². The smallest absolute Gasteiger partial charge is 0.416 e. The van der Waals surface area contributed by atoms with Gasteiger partial charge in [0, 0.05) is 12.1 Å². The fourth-order valence-electron chi connectivity index (χ4n) is 6.53. The van der Waals surface area contributed by atoms with Crippen molar-refractivity contribution in [2.75, 3.05) is 4.90 Å². The molecule has 3 fully saturated rings. The Kier molecular flexibility index (Phi) is 7.97. The van der Waals surface area contributed by atoms with Crippen molar-refractivity contribution in [3.63, 3.8) is 0 Å². The summed E-state index contributed by atoms with van der Waals surface area (Å²) in [6.45, 7) is 4.94. The van der Waals surface area contributed by atoms with Gasteiger partial charge in [-0.15, -0.1) is 0 Å². The molecule has 0 N–H and O–H groups in total. The topological polar surface area (TPSA) is 84.6 Å². The number of hydrogen-bond acceptors (Lipinski definition) is 7. The number of carbonyl (C=O) groups is 1. The quantitative estimate of drug-likeness (QED) is 0.242. The highest BCUT2D eigenvalue weighted by atomic mass is 19.4. The molecule has 14 heteroatoms. The summed E-state index contributed by atoms with van der Waals surface area (Å²) in [6, 6.07) is 0.868. The first-order valence-electron chi connectivity index (χ1n) is 15.1. The van der Waals surface area contributed by atoms with Crippen molar-refractivity contribution in [1.29, 1.82) is 0 Å². The zero-order valence-corrected chi connectivity index (χ0v) is 25.0. The molecule has 242 valence electrons. The van der Waals surface area contributed by atoms with Crippen LogP contribution in [0.5, 0.6) is 0 Å². The van der Waals surface area contributed by atoms with E-state index < -0.39 is 47.3 Å². The first-order chi connectivity index (χ1) is 21.2. The van der Waals surface area contributed by atoms with Crippen LogP contribution in [-0.2, 0) is 23.6 Å². The van der Waals surface area contributed by atoms with Crippen molar-refractivity contribution in [1.82, 2.24) is 20.0 Å². The maximum Gasteiger partial charge on any atom is 0.416 e. The summed E-state index contributed by atoms with van der Waals surface area (Å²) in [5.74, 6) is 1.15. The lowest BCUT2D eigenvalue weighted by atomic mass is 9.94. The van der Waals surface area contributed by atoms with Gasteiger partial charge in [-0.1, -0.05) is 24.4 Å². The normalized spacial score (nSPS) is 21.4. The zero-order valence-electron chi connectivity index (χ0n) is 25.0. The molecule has 3 aromatic rings. The molecule has 1 saturated heterocycles. The van der Waals surface area contributed by atoms with Crippen molar-refractivity contribution >= 4 is 11.9 Å². The van der Waals surface area contributed by atoms with Gasteiger partial charge in [0.15, 0.2) is 5.82 Å². The van der Waals surface area contributed by atoms with Gasteiger partial charge >= 0.3 is 18.4 Å². The van der Waals surface area contributed by atoms with Gasteiger partial charge in [-0.3, -0.25) is 4.90 Å². The van der Waals surface area contributed by atoms with Crippen molar-refractivity contribution < 1.29 is 40.4 Å². The van der Waals surface area contributed by atoms with Gasteiger partial charge in [0.05, 0.1) is 46.9 Å². The molecule has 2 aromatic heterocycles. The number of ether oxygens (including phenoxy) is 1. The fourth-order valence-corrected chi connectivity index (χ4v) is 6.53. The lowest BCUT2D eigenvalue weighted by Crippen LogP contribution is -2.41. The van der Waals surface area contributed by atoms with Crippen LogP contribution in [-0.4, -0.2) is 44.2 Å². The van der Waals surface area contributed by atoms with Gasteiger partial charge < -0.3 is 14.2 Å². The average molecular weight is 638 g/mol. The standard InChI is InChI=1S/C31H33F6N5O3/c1-16-26(18(3)45-40-16)24-14-38-28(42(23-9-10-23)22-7-5-4-6-8-22)25(39-24)15-41-17(2)27(44-29(41)43)19-11-20(30(32,33)34)13-21(12-19)31(35,36)37/h11-14,17,22-23,27H,4-10,15H2,1-3H3/t17-,27?/m0/s1. The molecule has 0 bridgehead atoms. The summed E-state index contributed by atoms with van der Waals surface area (Å²) in [5.41, 5.74) is -1.14. The summed E-state index contributed by atoms with van der Waals surface area (Å²) in [7, 11) is 0. The van der Waals surface area contributed by atoms with Crippen molar-refractivity contribution in [3.05, 3.63) is 58.2 Å². The molecule has 6 rings (SSSR count). The minimum absolute atomic E-state index is 0.0580. The Morgan fingerprint density at radius 3 is 2.11 bits per heavy atom. The molecule has 3 aliphatic rings. The van der Waals surface area contributed by atoms with E-state index in [2.05, 4.69) is 10.1 Å². The minimum Gasteiger partial charge on any atom is -0.439 e. The highest BCUT2D eigenvalue weighted by Gasteiger charge is 2.44. The van der Waals surface area contributed by atoms with Gasteiger partial charge in [-0.05, 0) is 70.2 Å². The summed E-state index contributed by atoms with van der Waals surface area (Å²) >= 11 is 0.